The normalized spacial score (nSPS) is 16.4. The van der Waals surface area contributed by atoms with E-state index in [1.807, 2.05) is 17.9 Å². The highest BCUT2D eigenvalue weighted by Gasteiger charge is 2.25. The molecule has 1 atom stereocenters. The van der Waals surface area contributed by atoms with Crippen molar-refractivity contribution in [2.75, 3.05) is 39.8 Å². The van der Waals surface area contributed by atoms with Gasteiger partial charge in [0.05, 0.1) is 6.20 Å². The largest absolute Gasteiger partial charge is 0.356 e. The maximum atomic E-state index is 4.50. The molecule has 2 aromatic rings. The molecule has 1 unspecified atom stereocenters. The van der Waals surface area contributed by atoms with Crippen LogP contribution in [0.2, 0.25) is 0 Å². The second-order valence-electron chi connectivity index (χ2n) is 7.47. The van der Waals surface area contributed by atoms with Crippen molar-refractivity contribution in [3.63, 3.8) is 0 Å². The van der Waals surface area contributed by atoms with Gasteiger partial charge in [-0.15, -0.1) is 24.0 Å². The number of hydrogen-bond donors (Lipinski definition) is 1. The van der Waals surface area contributed by atoms with Crippen LogP contribution in [0, 0.1) is 6.92 Å². The van der Waals surface area contributed by atoms with E-state index in [0.29, 0.717) is 6.04 Å². The lowest BCUT2D eigenvalue weighted by Gasteiger charge is -2.40. The van der Waals surface area contributed by atoms with Crippen molar-refractivity contribution < 1.29 is 0 Å². The lowest BCUT2D eigenvalue weighted by atomic mass is 10.0. The molecule has 0 bridgehead atoms. The van der Waals surface area contributed by atoms with E-state index >= 15 is 0 Å². The SMILES string of the molecule is CCC(c1ccccc1)N1CCN(C(=NC)NCCCn2cc(C)cn2)CC1.I. The maximum absolute atomic E-state index is 4.50. The standard InChI is InChI=1S/C22H34N6.HI/c1-4-21(20-9-6-5-7-10-20)26-13-15-27(16-14-26)22(23-3)24-11-8-12-28-18-19(2)17-25-28;/h5-7,9-10,17-18,21H,4,8,11-16H2,1-3H3,(H,23,24);1H. The zero-order valence-electron chi connectivity index (χ0n) is 17.9. The predicted molar refractivity (Wildman–Crippen MR) is 131 cm³/mol. The molecule has 29 heavy (non-hydrogen) atoms. The molecular weight excluding hydrogens is 475 g/mol. The van der Waals surface area contributed by atoms with Gasteiger partial charge in [0.2, 0.25) is 0 Å². The van der Waals surface area contributed by atoms with Crippen LogP contribution in [0.3, 0.4) is 0 Å². The molecule has 1 fully saturated rings. The predicted octanol–water partition coefficient (Wildman–Crippen LogP) is 3.54. The van der Waals surface area contributed by atoms with Crippen molar-refractivity contribution in [2.45, 2.75) is 39.3 Å². The van der Waals surface area contributed by atoms with Gasteiger partial charge in [-0.25, -0.2) is 0 Å². The monoisotopic (exact) mass is 510 g/mol. The highest BCUT2D eigenvalue weighted by molar-refractivity contribution is 14.0. The Bertz CT molecular complexity index is 737. The molecule has 0 saturated carbocycles. The summed E-state index contributed by atoms with van der Waals surface area (Å²) in [5, 5.41) is 7.87. The second kappa shape index (κ2) is 12.2. The average molecular weight is 510 g/mol. The van der Waals surface area contributed by atoms with Crippen LogP contribution in [0.25, 0.3) is 0 Å². The minimum atomic E-state index is 0. The molecule has 1 saturated heterocycles. The van der Waals surface area contributed by atoms with Gasteiger partial charge in [0.15, 0.2) is 5.96 Å². The number of aryl methyl sites for hydroxylation is 2. The van der Waals surface area contributed by atoms with Gasteiger partial charge in [-0.1, -0.05) is 37.3 Å². The quantitative estimate of drug-likeness (QED) is 0.268. The molecular formula is C22H35IN6. The fourth-order valence-corrected chi connectivity index (χ4v) is 3.99. The average Bonchev–Trinajstić information content (AvgIpc) is 3.15. The summed E-state index contributed by atoms with van der Waals surface area (Å²) in [6.07, 6.45) is 6.17. The van der Waals surface area contributed by atoms with E-state index in [0.717, 1.165) is 58.1 Å². The van der Waals surface area contributed by atoms with Crippen LogP contribution in [0.4, 0.5) is 0 Å². The van der Waals surface area contributed by atoms with Crippen LogP contribution in [0.1, 0.15) is 36.9 Å². The zero-order valence-corrected chi connectivity index (χ0v) is 20.3. The summed E-state index contributed by atoms with van der Waals surface area (Å²) in [6, 6.07) is 11.4. The highest BCUT2D eigenvalue weighted by atomic mass is 127. The van der Waals surface area contributed by atoms with Crippen LogP contribution >= 0.6 is 24.0 Å². The van der Waals surface area contributed by atoms with E-state index in [4.69, 9.17) is 0 Å². The van der Waals surface area contributed by atoms with E-state index in [-0.39, 0.29) is 24.0 Å². The lowest BCUT2D eigenvalue weighted by Crippen LogP contribution is -2.53. The Kier molecular flexibility index (Phi) is 9.93. The minimum Gasteiger partial charge on any atom is -0.356 e. The van der Waals surface area contributed by atoms with E-state index in [2.05, 4.69) is 75.6 Å². The van der Waals surface area contributed by atoms with Crippen molar-refractivity contribution in [3.8, 4) is 0 Å². The Hall–Kier alpha value is -1.61. The van der Waals surface area contributed by atoms with E-state index < -0.39 is 0 Å². The van der Waals surface area contributed by atoms with Crippen LogP contribution in [0.5, 0.6) is 0 Å². The molecule has 1 aliphatic rings. The zero-order chi connectivity index (χ0) is 19.8. The van der Waals surface area contributed by atoms with Crippen molar-refractivity contribution >= 4 is 29.9 Å². The number of rotatable bonds is 7. The van der Waals surface area contributed by atoms with Gasteiger partial charge in [0.1, 0.15) is 0 Å². The highest BCUT2D eigenvalue weighted by Crippen LogP contribution is 2.25. The first kappa shape index (κ1) is 23.7. The van der Waals surface area contributed by atoms with Crippen molar-refractivity contribution in [3.05, 3.63) is 53.9 Å². The maximum Gasteiger partial charge on any atom is 0.193 e. The summed E-state index contributed by atoms with van der Waals surface area (Å²) in [5.41, 5.74) is 2.64. The van der Waals surface area contributed by atoms with E-state index in [1.165, 1.54) is 11.1 Å². The molecule has 1 N–H and O–H groups in total. The van der Waals surface area contributed by atoms with Crippen LogP contribution in [-0.2, 0) is 6.54 Å². The Labute approximate surface area is 192 Å². The van der Waals surface area contributed by atoms with Gasteiger partial charge >= 0.3 is 0 Å². The van der Waals surface area contributed by atoms with E-state index in [9.17, 15) is 0 Å². The molecule has 0 aliphatic carbocycles. The van der Waals surface area contributed by atoms with Gasteiger partial charge in [0.25, 0.3) is 0 Å². The molecule has 160 valence electrons. The molecule has 0 spiro atoms. The number of halogens is 1. The molecule has 0 radical (unpaired) electrons. The molecule has 2 heterocycles. The second-order valence-corrected chi connectivity index (χ2v) is 7.47. The first-order valence-electron chi connectivity index (χ1n) is 10.4. The van der Waals surface area contributed by atoms with Crippen LogP contribution < -0.4 is 5.32 Å². The minimum absolute atomic E-state index is 0. The Morgan fingerprint density at radius 3 is 2.48 bits per heavy atom. The third kappa shape index (κ3) is 6.70. The Balaban J connectivity index is 0.00000300. The van der Waals surface area contributed by atoms with Crippen LogP contribution in [0.15, 0.2) is 47.7 Å². The summed E-state index contributed by atoms with van der Waals surface area (Å²) in [4.78, 5) is 9.49. The first-order chi connectivity index (χ1) is 13.7. The number of hydrogen-bond acceptors (Lipinski definition) is 3. The number of piperazine rings is 1. The van der Waals surface area contributed by atoms with Gasteiger partial charge in [-0.05, 0) is 30.9 Å². The number of aromatic nitrogens is 2. The Morgan fingerprint density at radius 2 is 1.90 bits per heavy atom. The summed E-state index contributed by atoms with van der Waals surface area (Å²) >= 11 is 0. The van der Waals surface area contributed by atoms with Gasteiger partial charge < -0.3 is 10.2 Å². The summed E-state index contributed by atoms with van der Waals surface area (Å²) in [6.45, 7) is 10.4. The molecule has 7 heteroatoms. The number of guanidine groups is 1. The number of nitrogens with one attached hydrogen (secondary N) is 1. The smallest absolute Gasteiger partial charge is 0.193 e. The molecule has 0 amide bonds. The first-order valence-corrected chi connectivity index (χ1v) is 10.4. The van der Waals surface area contributed by atoms with Gasteiger partial charge in [-0.2, -0.15) is 5.10 Å². The third-order valence-electron chi connectivity index (χ3n) is 5.45. The fourth-order valence-electron chi connectivity index (χ4n) is 3.99. The van der Waals surface area contributed by atoms with Crippen LogP contribution in [-0.4, -0.2) is 65.3 Å². The molecule has 3 rings (SSSR count). The topological polar surface area (TPSA) is 48.7 Å². The number of benzene rings is 1. The molecule has 1 aromatic carbocycles. The molecule has 6 nitrogen and oxygen atoms in total. The third-order valence-corrected chi connectivity index (χ3v) is 5.45. The number of aliphatic imine (C=N–C) groups is 1. The number of nitrogens with zero attached hydrogens (tertiary/aromatic N) is 5. The summed E-state index contributed by atoms with van der Waals surface area (Å²) in [7, 11) is 1.88. The lowest BCUT2D eigenvalue weighted by molar-refractivity contribution is 0.127. The van der Waals surface area contributed by atoms with Crippen molar-refractivity contribution in [1.29, 1.82) is 0 Å². The molecule has 1 aliphatic heterocycles. The summed E-state index contributed by atoms with van der Waals surface area (Å²) < 4.78 is 2.01. The van der Waals surface area contributed by atoms with E-state index in [1.54, 1.807) is 0 Å². The molecule has 1 aromatic heterocycles. The summed E-state index contributed by atoms with van der Waals surface area (Å²) in [5.74, 6) is 1.02. The fraction of sp³-hybridized carbons (Fsp3) is 0.545. The Morgan fingerprint density at radius 1 is 1.17 bits per heavy atom. The van der Waals surface area contributed by atoms with Crippen molar-refractivity contribution in [1.82, 2.24) is 24.9 Å². The van der Waals surface area contributed by atoms with Gasteiger partial charge in [0, 0.05) is 58.6 Å². The van der Waals surface area contributed by atoms with Crippen molar-refractivity contribution in [2.24, 2.45) is 4.99 Å². The van der Waals surface area contributed by atoms with Gasteiger partial charge in [-0.3, -0.25) is 14.6 Å².